The Balaban J connectivity index is 1.63. The molecule has 1 heterocycles. The van der Waals surface area contributed by atoms with Crippen LogP contribution >= 0.6 is 0 Å². The van der Waals surface area contributed by atoms with Crippen molar-refractivity contribution in [3.05, 3.63) is 65.9 Å². The predicted octanol–water partition coefficient (Wildman–Crippen LogP) is 4.89. The van der Waals surface area contributed by atoms with Gasteiger partial charge < -0.3 is 5.32 Å². The van der Waals surface area contributed by atoms with E-state index in [1.807, 2.05) is 67.1 Å². The quantitative estimate of drug-likeness (QED) is 0.703. The van der Waals surface area contributed by atoms with Crippen LogP contribution in [0.25, 0.3) is 10.9 Å². The summed E-state index contributed by atoms with van der Waals surface area (Å²) >= 11 is 0. The van der Waals surface area contributed by atoms with E-state index in [2.05, 4.69) is 11.4 Å². The van der Waals surface area contributed by atoms with Gasteiger partial charge in [0.2, 0.25) is 0 Å². The smallest absolute Gasteiger partial charge is 0.273 e. The maximum absolute atomic E-state index is 13.1. The van der Waals surface area contributed by atoms with E-state index in [4.69, 9.17) is 5.10 Å². The summed E-state index contributed by atoms with van der Waals surface area (Å²) in [5.74, 6) is 0.551. The fourth-order valence-corrected chi connectivity index (χ4v) is 4.14. The second kappa shape index (κ2) is 7.18. The zero-order valence-electron chi connectivity index (χ0n) is 16.1. The summed E-state index contributed by atoms with van der Waals surface area (Å²) in [5.41, 5.74) is 2.18. The molecule has 1 amide bonds. The van der Waals surface area contributed by atoms with Crippen molar-refractivity contribution in [1.82, 2.24) is 15.1 Å². The average molecular weight is 361 g/mol. The molecular formula is C23H27N3O. The number of nitrogens with one attached hydrogen (secondary N) is 1. The van der Waals surface area contributed by atoms with Gasteiger partial charge in [-0.2, -0.15) is 5.10 Å². The average Bonchev–Trinajstić information content (AvgIpc) is 3.31. The van der Waals surface area contributed by atoms with Crippen LogP contribution < -0.4 is 5.32 Å². The molecule has 0 atom stereocenters. The van der Waals surface area contributed by atoms with Gasteiger partial charge in [-0.3, -0.25) is 9.48 Å². The van der Waals surface area contributed by atoms with Gasteiger partial charge in [0.15, 0.2) is 5.69 Å². The van der Waals surface area contributed by atoms with Crippen LogP contribution in [0.5, 0.6) is 0 Å². The molecule has 0 radical (unpaired) electrons. The fourth-order valence-electron chi connectivity index (χ4n) is 4.14. The van der Waals surface area contributed by atoms with Crippen molar-refractivity contribution in [2.24, 2.45) is 5.92 Å². The molecule has 3 aromatic rings. The Kier molecular flexibility index (Phi) is 4.73. The molecule has 1 saturated carbocycles. The lowest BCUT2D eigenvalue weighted by molar-refractivity contribution is 0.0907. The number of rotatable bonds is 5. The monoisotopic (exact) mass is 361 g/mol. The van der Waals surface area contributed by atoms with Crippen LogP contribution in [0.2, 0.25) is 0 Å². The van der Waals surface area contributed by atoms with Gasteiger partial charge in [-0.05, 0) is 44.2 Å². The van der Waals surface area contributed by atoms with Crippen LogP contribution in [0.1, 0.15) is 55.6 Å². The first-order valence-corrected chi connectivity index (χ1v) is 9.88. The first kappa shape index (κ1) is 17.8. The summed E-state index contributed by atoms with van der Waals surface area (Å²) in [4.78, 5) is 13.1. The highest BCUT2D eigenvalue weighted by Crippen LogP contribution is 2.28. The van der Waals surface area contributed by atoms with Crippen LogP contribution in [0.3, 0.4) is 0 Å². The topological polar surface area (TPSA) is 46.9 Å². The summed E-state index contributed by atoms with van der Waals surface area (Å²) in [6.07, 6.45) is 5.14. The molecule has 1 aromatic heterocycles. The second-order valence-electron chi connectivity index (χ2n) is 8.14. The third kappa shape index (κ3) is 3.61. The lowest BCUT2D eigenvalue weighted by atomic mass is 9.94. The van der Waals surface area contributed by atoms with E-state index in [9.17, 15) is 4.79 Å². The van der Waals surface area contributed by atoms with Crippen LogP contribution in [0.15, 0.2) is 54.6 Å². The van der Waals surface area contributed by atoms with Crippen molar-refractivity contribution >= 4 is 16.8 Å². The molecule has 0 unspecified atom stereocenters. The molecule has 140 valence electrons. The number of para-hydroxylation sites is 1. The second-order valence-corrected chi connectivity index (χ2v) is 8.14. The molecule has 27 heavy (non-hydrogen) atoms. The third-order valence-corrected chi connectivity index (χ3v) is 5.70. The van der Waals surface area contributed by atoms with Gasteiger partial charge in [-0.15, -0.1) is 0 Å². The van der Waals surface area contributed by atoms with Gasteiger partial charge in [0.05, 0.1) is 11.1 Å². The molecule has 1 N–H and O–H groups in total. The van der Waals surface area contributed by atoms with Crippen LogP contribution in [-0.2, 0) is 12.1 Å². The molecule has 0 bridgehead atoms. The van der Waals surface area contributed by atoms with E-state index in [-0.39, 0.29) is 5.91 Å². The SMILES string of the molecule is CC(C)(NC(=O)c1nn(CC2CCCC2)c2ccccc12)c1ccccc1. The third-order valence-electron chi connectivity index (χ3n) is 5.70. The van der Waals surface area contributed by atoms with E-state index in [0.29, 0.717) is 11.6 Å². The molecular weight excluding hydrogens is 334 g/mol. The number of hydrogen-bond acceptors (Lipinski definition) is 2. The normalized spacial score (nSPS) is 15.3. The van der Waals surface area contributed by atoms with Gasteiger partial charge in [-0.25, -0.2) is 0 Å². The van der Waals surface area contributed by atoms with E-state index >= 15 is 0 Å². The van der Waals surface area contributed by atoms with E-state index < -0.39 is 5.54 Å². The zero-order valence-corrected chi connectivity index (χ0v) is 16.1. The molecule has 4 rings (SSSR count). The fraction of sp³-hybridized carbons (Fsp3) is 0.391. The summed E-state index contributed by atoms with van der Waals surface area (Å²) in [6.45, 7) is 4.95. The van der Waals surface area contributed by atoms with Crippen molar-refractivity contribution in [1.29, 1.82) is 0 Å². The Morgan fingerprint density at radius 3 is 2.48 bits per heavy atom. The van der Waals surface area contributed by atoms with E-state index in [1.54, 1.807) is 0 Å². The van der Waals surface area contributed by atoms with Gasteiger partial charge in [-0.1, -0.05) is 61.4 Å². The number of benzene rings is 2. The van der Waals surface area contributed by atoms with Crippen molar-refractivity contribution in [3.8, 4) is 0 Å². The molecule has 0 spiro atoms. The number of fused-ring (bicyclic) bond motifs is 1. The standard InChI is InChI=1S/C23H27N3O/c1-23(2,18-12-4-3-5-13-18)24-22(27)21-19-14-8-9-15-20(19)26(25-21)16-17-10-6-7-11-17/h3-5,8-9,12-15,17H,6-7,10-11,16H2,1-2H3,(H,24,27). The van der Waals surface area contributed by atoms with Crippen molar-refractivity contribution in [2.75, 3.05) is 0 Å². The highest BCUT2D eigenvalue weighted by Gasteiger charge is 2.27. The maximum Gasteiger partial charge on any atom is 0.273 e. The first-order chi connectivity index (χ1) is 13.0. The minimum atomic E-state index is -0.464. The Bertz CT molecular complexity index is 937. The van der Waals surface area contributed by atoms with Gasteiger partial charge in [0.25, 0.3) is 5.91 Å². The molecule has 4 nitrogen and oxygen atoms in total. The Morgan fingerprint density at radius 2 is 1.74 bits per heavy atom. The van der Waals surface area contributed by atoms with Crippen molar-refractivity contribution in [3.63, 3.8) is 0 Å². The number of nitrogens with zero attached hydrogens (tertiary/aromatic N) is 2. The minimum absolute atomic E-state index is 0.120. The van der Waals surface area contributed by atoms with Crippen LogP contribution in [0.4, 0.5) is 0 Å². The molecule has 0 aliphatic heterocycles. The lowest BCUT2D eigenvalue weighted by Gasteiger charge is -2.26. The molecule has 4 heteroatoms. The van der Waals surface area contributed by atoms with Gasteiger partial charge in [0, 0.05) is 11.9 Å². The van der Waals surface area contributed by atoms with Crippen molar-refractivity contribution in [2.45, 2.75) is 51.6 Å². The number of carbonyl (C=O) groups excluding carboxylic acids is 1. The lowest BCUT2D eigenvalue weighted by Crippen LogP contribution is -2.41. The molecule has 1 aliphatic rings. The minimum Gasteiger partial charge on any atom is -0.342 e. The number of hydrogen-bond donors (Lipinski definition) is 1. The Hall–Kier alpha value is -2.62. The van der Waals surface area contributed by atoms with Crippen LogP contribution in [-0.4, -0.2) is 15.7 Å². The molecule has 1 aliphatic carbocycles. The molecule has 0 saturated heterocycles. The highest BCUT2D eigenvalue weighted by atomic mass is 16.2. The highest BCUT2D eigenvalue weighted by molar-refractivity contribution is 6.05. The predicted molar refractivity (Wildman–Crippen MR) is 109 cm³/mol. The summed E-state index contributed by atoms with van der Waals surface area (Å²) in [7, 11) is 0. The first-order valence-electron chi connectivity index (χ1n) is 9.88. The van der Waals surface area contributed by atoms with Gasteiger partial charge in [0.1, 0.15) is 0 Å². The largest absolute Gasteiger partial charge is 0.342 e. The Morgan fingerprint density at radius 1 is 1.07 bits per heavy atom. The summed E-state index contributed by atoms with van der Waals surface area (Å²) in [5, 5.41) is 8.84. The van der Waals surface area contributed by atoms with Crippen molar-refractivity contribution < 1.29 is 4.79 Å². The maximum atomic E-state index is 13.1. The van der Waals surface area contributed by atoms with E-state index in [1.165, 1.54) is 25.7 Å². The number of amides is 1. The Labute approximate surface area is 160 Å². The van der Waals surface area contributed by atoms with Crippen LogP contribution in [0, 0.1) is 5.92 Å². The molecule has 2 aromatic carbocycles. The summed E-state index contributed by atoms with van der Waals surface area (Å²) in [6, 6.07) is 18.1. The van der Waals surface area contributed by atoms with Gasteiger partial charge >= 0.3 is 0 Å². The molecule has 1 fully saturated rings. The number of carbonyl (C=O) groups is 1. The summed E-state index contributed by atoms with van der Waals surface area (Å²) < 4.78 is 2.04. The van der Waals surface area contributed by atoms with E-state index in [0.717, 1.165) is 23.0 Å². The zero-order chi connectivity index (χ0) is 18.9. The number of aromatic nitrogens is 2.